The van der Waals surface area contributed by atoms with E-state index in [9.17, 15) is 8.42 Å². The van der Waals surface area contributed by atoms with Crippen molar-refractivity contribution >= 4 is 32.0 Å². The van der Waals surface area contributed by atoms with Gasteiger partial charge in [-0.3, -0.25) is 0 Å². The number of rotatable bonds is 4. The SMILES string of the molecule is CCCS(=O)(=O)N1CCC(c2ncnc3cnc4[nH]ccc4c23)C1. The lowest BCUT2D eigenvalue weighted by Crippen LogP contribution is -2.30. The van der Waals surface area contributed by atoms with Gasteiger partial charge >= 0.3 is 0 Å². The third kappa shape index (κ3) is 2.46. The fourth-order valence-corrected chi connectivity index (χ4v) is 5.05. The number of nitrogens with zero attached hydrogens (tertiary/aromatic N) is 4. The minimum atomic E-state index is -3.16. The molecule has 126 valence electrons. The maximum atomic E-state index is 12.3. The average Bonchev–Trinajstić information content (AvgIpc) is 3.23. The minimum Gasteiger partial charge on any atom is -0.346 e. The summed E-state index contributed by atoms with van der Waals surface area (Å²) in [5, 5.41) is 1.96. The monoisotopic (exact) mass is 345 g/mol. The van der Waals surface area contributed by atoms with Crippen LogP contribution in [0.2, 0.25) is 0 Å². The summed E-state index contributed by atoms with van der Waals surface area (Å²) in [7, 11) is -3.16. The average molecular weight is 345 g/mol. The zero-order valence-corrected chi connectivity index (χ0v) is 14.3. The molecular formula is C16H19N5O2S. The van der Waals surface area contributed by atoms with Gasteiger partial charge in [-0.15, -0.1) is 0 Å². The Balaban J connectivity index is 1.77. The number of aromatic amines is 1. The highest BCUT2D eigenvalue weighted by atomic mass is 32.2. The Morgan fingerprint density at radius 3 is 3.04 bits per heavy atom. The minimum absolute atomic E-state index is 0.0858. The molecule has 4 rings (SSSR count). The van der Waals surface area contributed by atoms with Gasteiger partial charge in [-0.25, -0.2) is 27.7 Å². The third-order valence-electron chi connectivity index (χ3n) is 4.61. The predicted octanol–water partition coefficient (Wildman–Crippen LogP) is 2.04. The van der Waals surface area contributed by atoms with E-state index in [0.29, 0.717) is 19.5 Å². The van der Waals surface area contributed by atoms with Crippen LogP contribution in [0.1, 0.15) is 31.4 Å². The number of aromatic nitrogens is 4. The fourth-order valence-electron chi connectivity index (χ4n) is 3.48. The molecule has 0 aromatic carbocycles. The van der Waals surface area contributed by atoms with Gasteiger partial charge in [0.05, 0.1) is 23.2 Å². The lowest BCUT2D eigenvalue weighted by Gasteiger charge is -2.16. The molecule has 0 radical (unpaired) electrons. The molecule has 0 spiro atoms. The molecule has 1 N–H and O–H groups in total. The number of nitrogens with one attached hydrogen (secondary N) is 1. The van der Waals surface area contributed by atoms with E-state index in [1.165, 1.54) is 0 Å². The van der Waals surface area contributed by atoms with Crippen molar-refractivity contribution in [3.8, 4) is 0 Å². The van der Waals surface area contributed by atoms with Gasteiger partial charge in [-0.2, -0.15) is 0 Å². The number of sulfonamides is 1. The highest BCUT2D eigenvalue weighted by molar-refractivity contribution is 7.89. The van der Waals surface area contributed by atoms with E-state index in [4.69, 9.17) is 0 Å². The van der Waals surface area contributed by atoms with E-state index in [-0.39, 0.29) is 11.7 Å². The second kappa shape index (κ2) is 5.78. The van der Waals surface area contributed by atoms with Crippen molar-refractivity contribution in [1.82, 2.24) is 24.2 Å². The molecule has 8 heteroatoms. The lowest BCUT2D eigenvalue weighted by molar-refractivity contribution is 0.471. The molecule has 3 aromatic heterocycles. The Bertz CT molecular complexity index is 998. The van der Waals surface area contributed by atoms with Crippen molar-refractivity contribution in [2.45, 2.75) is 25.7 Å². The van der Waals surface area contributed by atoms with Crippen LogP contribution < -0.4 is 0 Å². The van der Waals surface area contributed by atoms with Crippen molar-refractivity contribution in [2.75, 3.05) is 18.8 Å². The first-order chi connectivity index (χ1) is 11.6. The topological polar surface area (TPSA) is 91.8 Å². The van der Waals surface area contributed by atoms with Gasteiger partial charge < -0.3 is 4.98 Å². The number of H-pyrrole nitrogens is 1. The molecule has 7 nitrogen and oxygen atoms in total. The van der Waals surface area contributed by atoms with E-state index < -0.39 is 10.0 Å². The maximum absolute atomic E-state index is 12.3. The van der Waals surface area contributed by atoms with Crippen LogP contribution in [0.4, 0.5) is 0 Å². The van der Waals surface area contributed by atoms with E-state index in [1.807, 2.05) is 19.2 Å². The van der Waals surface area contributed by atoms with Crippen molar-refractivity contribution in [3.63, 3.8) is 0 Å². The Labute approximate surface area is 140 Å². The first kappa shape index (κ1) is 15.5. The lowest BCUT2D eigenvalue weighted by atomic mass is 9.99. The van der Waals surface area contributed by atoms with Crippen LogP contribution in [-0.2, 0) is 10.0 Å². The molecule has 1 atom stereocenters. The standard InChI is InChI=1S/C16H19N5O2S/c1-2-7-24(22,23)21-6-4-11(9-21)15-14-12-3-5-17-16(12)18-8-13(14)19-10-20-15/h3,5,8,10-11H,2,4,6-7,9H2,1H3,(H,17,18). The summed E-state index contributed by atoms with van der Waals surface area (Å²) in [6, 6.07) is 1.97. The fraction of sp³-hybridized carbons (Fsp3) is 0.438. The van der Waals surface area contributed by atoms with Crippen LogP contribution in [0.5, 0.6) is 0 Å². The second-order valence-corrected chi connectivity index (χ2v) is 8.27. The molecule has 0 bridgehead atoms. The molecule has 0 saturated carbocycles. The molecule has 24 heavy (non-hydrogen) atoms. The molecule has 0 aliphatic carbocycles. The van der Waals surface area contributed by atoms with Crippen molar-refractivity contribution in [2.24, 2.45) is 0 Å². The van der Waals surface area contributed by atoms with E-state index >= 15 is 0 Å². The van der Waals surface area contributed by atoms with Gasteiger partial charge in [0.1, 0.15) is 12.0 Å². The second-order valence-electron chi connectivity index (χ2n) is 6.18. The predicted molar refractivity (Wildman–Crippen MR) is 92.2 cm³/mol. The maximum Gasteiger partial charge on any atom is 0.214 e. The first-order valence-corrected chi connectivity index (χ1v) is 9.75. The van der Waals surface area contributed by atoms with Gasteiger partial charge in [-0.1, -0.05) is 6.92 Å². The molecule has 4 heterocycles. The number of hydrogen-bond donors (Lipinski definition) is 1. The number of hydrogen-bond acceptors (Lipinski definition) is 5. The van der Waals surface area contributed by atoms with Gasteiger partial charge in [0.25, 0.3) is 0 Å². The highest BCUT2D eigenvalue weighted by Crippen LogP contribution is 2.34. The first-order valence-electron chi connectivity index (χ1n) is 8.14. The van der Waals surface area contributed by atoms with Crippen LogP contribution in [0.15, 0.2) is 24.8 Å². The summed E-state index contributed by atoms with van der Waals surface area (Å²) in [5.74, 6) is 0.290. The van der Waals surface area contributed by atoms with Crippen molar-refractivity contribution in [3.05, 3.63) is 30.5 Å². The zero-order chi connectivity index (χ0) is 16.7. The largest absolute Gasteiger partial charge is 0.346 e. The molecule has 1 aliphatic rings. The zero-order valence-electron chi connectivity index (χ0n) is 13.4. The van der Waals surface area contributed by atoms with Crippen molar-refractivity contribution < 1.29 is 8.42 Å². The Kier molecular flexibility index (Phi) is 3.73. The van der Waals surface area contributed by atoms with Crippen LogP contribution >= 0.6 is 0 Å². The normalized spacial score (nSPS) is 19.5. The number of fused-ring (bicyclic) bond motifs is 3. The Morgan fingerprint density at radius 1 is 1.33 bits per heavy atom. The van der Waals surface area contributed by atoms with Gasteiger partial charge in [0.15, 0.2) is 0 Å². The van der Waals surface area contributed by atoms with Gasteiger partial charge in [-0.05, 0) is 18.9 Å². The summed E-state index contributed by atoms with van der Waals surface area (Å²) < 4.78 is 26.2. The van der Waals surface area contributed by atoms with Crippen LogP contribution in [0.3, 0.4) is 0 Å². The quantitative estimate of drug-likeness (QED) is 0.781. The molecule has 1 aliphatic heterocycles. The molecular weight excluding hydrogens is 326 g/mol. The molecule has 0 amide bonds. The molecule has 1 fully saturated rings. The van der Waals surface area contributed by atoms with Crippen LogP contribution in [0, 0.1) is 0 Å². The van der Waals surface area contributed by atoms with E-state index in [2.05, 4.69) is 19.9 Å². The van der Waals surface area contributed by atoms with Gasteiger partial charge in [0, 0.05) is 36.0 Å². The summed E-state index contributed by atoms with van der Waals surface area (Å²) in [6.07, 6.45) is 6.54. The summed E-state index contributed by atoms with van der Waals surface area (Å²) in [6.45, 7) is 2.93. The molecule has 3 aromatic rings. The summed E-state index contributed by atoms with van der Waals surface area (Å²) in [4.78, 5) is 16.3. The highest BCUT2D eigenvalue weighted by Gasteiger charge is 2.33. The number of pyridine rings is 1. The smallest absolute Gasteiger partial charge is 0.214 e. The Hall–Kier alpha value is -2.06. The van der Waals surface area contributed by atoms with Crippen molar-refractivity contribution in [1.29, 1.82) is 0 Å². The summed E-state index contributed by atoms with van der Waals surface area (Å²) >= 11 is 0. The van der Waals surface area contributed by atoms with E-state index in [0.717, 1.165) is 34.1 Å². The van der Waals surface area contributed by atoms with Crippen LogP contribution in [0.25, 0.3) is 21.9 Å². The van der Waals surface area contributed by atoms with Gasteiger partial charge in [0.2, 0.25) is 10.0 Å². The Morgan fingerprint density at radius 2 is 2.21 bits per heavy atom. The third-order valence-corrected chi connectivity index (χ3v) is 6.65. The molecule has 1 saturated heterocycles. The molecule has 1 unspecified atom stereocenters. The van der Waals surface area contributed by atoms with E-state index in [1.54, 1.807) is 16.8 Å². The van der Waals surface area contributed by atoms with Crippen LogP contribution in [-0.4, -0.2) is 51.5 Å². The summed E-state index contributed by atoms with van der Waals surface area (Å²) in [5.41, 5.74) is 2.51.